The van der Waals surface area contributed by atoms with E-state index in [9.17, 15) is 4.79 Å². The molecule has 0 aromatic heterocycles. The SMILES string of the molecule is CCCCC1SCC2C1N(C)C(=O)N2C. The van der Waals surface area contributed by atoms with Gasteiger partial charge in [0.15, 0.2) is 0 Å². The second kappa shape index (κ2) is 4.24. The van der Waals surface area contributed by atoms with Crippen LogP contribution in [0.3, 0.4) is 0 Å². The van der Waals surface area contributed by atoms with Crippen LogP contribution in [0, 0.1) is 0 Å². The Morgan fingerprint density at radius 3 is 2.80 bits per heavy atom. The second-order valence-corrected chi connectivity index (χ2v) is 5.85. The Morgan fingerprint density at radius 2 is 2.13 bits per heavy atom. The van der Waals surface area contributed by atoms with Crippen LogP contribution in [0.15, 0.2) is 0 Å². The van der Waals surface area contributed by atoms with Crippen molar-refractivity contribution in [3.05, 3.63) is 0 Å². The largest absolute Gasteiger partial charge is 0.322 e. The van der Waals surface area contributed by atoms with Crippen LogP contribution in [0.4, 0.5) is 4.79 Å². The fourth-order valence-corrected chi connectivity index (χ4v) is 4.45. The molecule has 0 bridgehead atoms. The van der Waals surface area contributed by atoms with Crippen LogP contribution in [-0.4, -0.2) is 53.0 Å². The first-order chi connectivity index (χ1) is 7.16. The molecule has 0 aromatic rings. The summed E-state index contributed by atoms with van der Waals surface area (Å²) in [6.07, 6.45) is 3.79. The molecular weight excluding hydrogens is 208 g/mol. The first-order valence-corrected chi connectivity index (χ1v) is 6.83. The lowest BCUT2D eigenvalue weighted by atomic mass is 10.0. The highest BCUT2D eigenvalue weighted by molar-refractivity contribution is 8.00. The topological polar surface area (TPSA) is 23.6 Å². The minimum atomic E-state index is 0.201. The molecule has 2 amide bonds. The number of thioether (sulfide) groups is 1. The number of fused-ring (bicyclic) bond motifs is 1. The maximum absolute atomic E-state index is 11.8. The molecule has 0 N–H and O–H groups in total. The number of likely N-dealkylation sites (N-methyl/N-ethyl adjacent to an activating group) is 2. The van der Waals surface area contributed by atoms with Crippen molar-refractivity contribution in [3.63, 3.8) is 0 Å². The van der Waals surface area contributed by atoms with Crippen LogP contribution in [0.1, 0.15) is 26.2 Å². The monoisotopic (exact) mass is 228 g/mol. The number of rotatable bonds is 3. The van der Waals surface area contributed by atoms with E-state index in [0.29, 0.717) is 17.3 Å². The molecule has 0 aliphatic carbocycles. The highest BCUT2D eigenvalue weighted by atomic mass is 32.2. The first-order valence-electron chi connectivity index (χ1n) is 5.78. The van der Waals surface area contributed by atoms with Crippen molar-refractivity contribution in [2.75, 3.05) is 19.8 Å². The van der Waals surface area contributed by atoms with Gasteiger partial charge in [-0.15, -0.1) is 0 Å². The molecule has 0 radical (unpaired) electrons. The summed E-state index contributed by atoms with van der Waals surface area (Å²) in [5.41, 5.74) is 0. The van der Waals surface area contributed by atoms with Gasteiger partial charge in [0, 0.05) is 25.1 Å². The van der Waals surface area contributed by atoms with Gasteiger partial charge < -0.3 is 9.80 Å². The zero-order valence-corrected chi connectivity index (χ0v) is 10.6. The van der Waals surface area contributed by atoms with Gasteiger partial charge in [-0.05, 0) is 6.42 Å². The third-order valence-corrected chi connectivity index (χ3v) is 5.12. The molecule has 2 aliphatic heterocycles. The molecule has 4 heteroatoms. The van der Waals surface area contributed by atoms with Crippen LogP contribution in [-0.2, 0) is 0 Å². The predicted octanol–water partition coefficient (Wildman–Crippen LogP) is 2.03. The lowest BCUT2D eigenvalue weighted by Gasteiger charge is -2.23. The van der Waals surface area contributed by atoms with Crippen molar-refractivity contribution in [3.8, 4) is 0 Å². The van der Waals surface area contributed by atoms with Crippen molar-refractivity contribution < 1.29 is 4.79 Å². The third-order valence-electron chi connectivity index (χ3n) is 3.65. The third kappa shape index (κ3) is 1.73. The molecule has 2 saturated heterocycles. The molecule has 2 fully saturated rings. The summed E-state index contributed by atoms with van der Waals surface area (Å²) in [7, 11) is 3.89. The fourth-order valence-electron chi connectivity index (χ4n) is 2.69. The number of urea groups is 1. The minimum absolute atomic E-state index is 0.201. The van der Waals surface area contributed by atoms with Crippen LogP contribution < -0.4 is 0 Å². The van der Waals surface area contributed by atoms with Gasteiger partial charge in [-0.3, -0.25) is 0 Å². The van der Waals surface area contributed by atoms with Gasteiger partial charge in [0.05, 0.1) is 12.1 Å². The normalized spacial score (nSPS) is 35.1. The lowest BCUT2D eigenvalue weighted by molar-refractivity contribution is 0.199. The summed E-state index contributed by atoms with van der Waals surface area (Å²) in [4.78, 5) is 15.7. The van der Waals surface area contributed by atoms with E-state index in [1.54, 1.807) is 0 Å². The molecule has 0 spiro atoms. The molecule has 3 nitrogen and oxygen atoms in total. The lowest BCUT2D eigenvalue weighted by Crippen LogP contribution is -2.38. The van der Waals surface area contributed by atoms with E-state index in [4.69, 9.17) is 0 Å². The van der Waals surface area contributed by atoms with Crippen molar-refractivity contribution in [2.45, 2.75) is 43.5 Å². The molecular formula is C11H20N2OS. The first kappa shape index (κ1) is 11.1. The molecule has 15 heavy (non-hydrogen) atoms. The standard InChI is InChI=1S/C11H20N2OS/c1-4-5-6-9-10-8(7-15-9)12(2)11(14)13(10)3/h8-10H,4-7H2,1-3H3. The number of carbonyl (C=O) groups excluding carboxylic acids is 1. The van der Waals surface area contributed by atoms with Crippen molar-refractivity contribution >= 4 is 17.8 Å². The van der Waals surface area contributed by atoms with Crippen LogP contribution in [0.2, 0.25) is 0 Å². The molecule has 0 saturated carbocycles. The number of carbonyl (C=O) groups is 1. The second-order valence-electron chi connectivity index (χ2n) is 4.58. The van der Waals surface area contributed by atoms with Gasteiger partial charge in [-0.2, -0.15) is 11.8 Å². The number of hydrogen-bond acceptors (Lipinski definition) is 2. The highest BCUT2D eigenvalue weighted by Crippen LogP contribution is 2.39. The van der Waals surface area contributed by atoms with Crippen LogP contribution in [0.25, 0.3) is 0 Å². The number of nitrogens with zero attached hydrogens (tertiary/aromatic N) is 2. The maximum Gasteiger partial charge on any atom is 0.320 e. The molecule has 2 heterocycles. The summed E-state index contributed by atoms with van der Waals surface area (Å²) >= 11 is 2.05. The zero-order chi connectivity index (χ0) is 11.0. The molecule has 3 atom stereocenters. The summed E-state index contributed by atoms with van der Waals surface area (Å²) in [5, 5.41) is 0.661. The van der Waals surface area contributed by atoms with Gasteiger partial charge in [-0.25, -0.2) is 4.79 Å². The molecule has 86 valence electrons. The quantitative estimate of drug-likeness (QED) is 0.690. The number of unbranched alkanes of at least 4 members (excludes halogenated alkanes) is 1. The fraction of sp³-hybridized carbons (Fsp3) is 0.909. The van der Waals surface area contributed by atoms with E-state index in [1.165, 1.54) is 19.3 Å². The Balaban J connectivity index is 2.05. The summed E-state index contributed by atoms with van der Waals surface area (Å²) in [6.45, 7) is 2.23. The van der Waals surface area contributed by atoms with E-state index in [1.807, 2.05) is 35.7 Å². The Kier molecular flexibility index (Phi) is 3.14. The van der Waals surface area contributed by atoms with Crippen molar-refractivity contribution in [1.82, 2.24) is 9.80 Å². The van der Waals surface area contributed by atoms with E-state index in [0.717, 1.165) is 5.75 Å². The molecule has 0 aromatic carbocycles. The molecule has 2 aliphatic rings. The van der Waals surface area contributed by atoms with E-state index in [-0.39, 0.29) is 6.03 Å². The Bertz CT molecular complexity index is 259. The van der Waals surface area contributed by atoms with Gasteiger partial charge in [0.25, 0.3) is 0 Å². The van der Waals surface area contributed by atoms with Crippen LogP contribution in [0.5, 0.6) is 0 Å². The van der Waals surface area contributed by atoms with Crippen LogP contribution >= 0.6 is 11.8 Å². The van der Waals surface area contributed by atoms with Gasteiger partial charge >= 0.3 is 6.03 Å². The maximum atomic E-state index is 11.8. The van der Waals surface area contributed by atoms with Crippen molar-refractivity contribution in [1.29, 1.82) is 0 Å². The van der Waals surface area contributed by atoms with Gasteiger partial charge in [0.2, 0.25) is 0 Å². The van der Waals surface area contributed by atoms with E-state index >= 15 is 0 Å². The Labute approximate surface area is 96.2 Å². The summed E-state index contributed by atoms with van der Waals surface area (Å²) < 4.78 is 0. The predicted molar refractivity (Wildman–Crippen MR) is 64.3 cm³/mol. The average molecular weight is 228 g/mol. The summed E-state index contributed by atoms with van der Waals surface area (Å²) in [6, 6.07) is 1.11. The van der Waals surface area contributed by atoms with E-state index in [2.05, 4.69) is 6.92 Å². The van der Waals surface area contributed by atoms with Crippen molar-refractivity contribution in [2.24, 2.45) is 0 Å². The zero-order valence-electron chi connectivity index (χ0n) is 9.77. The van der Waals surface area contributed by atoms with E-state index < -0.39 is 0 Å². The van der Waals surface area contributed by atoms with Gasteiger partial charge in [0.1, 0.15) is 0 Å². The summed E-state index contributed by atoms with van der Waals surface area (Å²) in [5.74, 6) is 1.12. The highest BCUT2D eigenvalue weighted by Gasteiger charge is 2.49. The van der Waals surface area contributed by atoms with Gasteiger partial charge in [-0.1, -0.05) is 19.8 Å². The Morgan fingerprint density at radius 1 is 1.40 bits per heavy atom. The minimum Gasteiger partial charge on any atom is -0.322 e. The molecule has 2 rings (SSSR count). The number of amides is 2. The number of hydrogen-bond donors (Lipinski definition) is 0. The Hall–Kier alpha value is -0.380. The average Bonchev–Trinajstić information content (AvgIpc) is 2.74. The smallest absolute Gasteiger partial charge is 0.320 e. The molecule has 3 unspecified atom stereocenters.